The molecule has 2 aromatic carbocycles. The molecular formula is C29H34N2O6. The van der Waals surface area contributed by atoms with Gasteiger partial charge in [0, 0.05) is 24.2 Å². The predicted molar refractivity (Wildman–Crippen MR) is 137 cm³/mol. The van der Waals surface area contributed by atoms with Gasteiger partial charge < -0.3 is 24.4 Å². The summed E-state index contributed by atoms with van der Waals surface area (Å²) in [5.74, 6) is 0.0417. The van der Waals surface area contributed by atoms with Gasteiger partial charge >= 0.3 is 12.1 Å². The minimum atomic E-state index is -0.773. The van der Waals surface area contributed by atoms with E-state index in [2.05, 4.69) is 5.32 Å². The molecule has 0 unspecified atom stereocenters. The summed E-state index contributed by atoms with van der Waals surface area (Å²) in [5.41, 5.74) is 0.400. The quantitative estimate of drug-likeness (QED) is 0.573. The van der Waals surface area contributed by atoms with Gasteiger partial charge in [0.25, 0.3) is 0 Å². The van der Waals surface area contributed by atoms with Crippen molar-refractivity contribution in [3.63, 3.8) is 0 Å². The number of esters is 1. The lowest BCUT2D eigenvalue weighted by atomic mass is 9.38. The Morgan fingerprint density at radius 2 is 1.86 bits per heavy atom. The number of benzene rings is 2. The van der Waals surface area contributed by atoms with Gasteiger partial charge in [-0.05, 0) is 69.4 Å². The molecule has 8 nitrogen and oxygen atoms in total. The van der Waals surface area contributed by atoms with Crippen molar-refractivity contribution < 1.29 is 28.6 Å². The zero-order valence-corrected chi connectivity index (χ0v) is 21.8. The summed E-state index contributed by atoms with van der Waals surface area (Å²) < 4.78 is 16.5. The van der Waals surface area contributed by atoms with Crippen molar-refractivity contribution in [2.45, 2.75) is 57.6 Å². The Kier molecular flexibility index (Phi) is 6.16. The fourth-order valence-electron chi connectivity index (χ4n) is 6.39. The molecule has 37 heavy (non-hydrogen) atoms. The molecule has 2 fully saturated rings. The number of carbonyl (C=O) groups is 3. The molecule has 2 aliphatic heterocycles. The van der Waals surface area contributed by atoms with Gasteiger partial charge in [0.2, 0.25) is 5.91 Å². The largest absolute Gasteiger partial charge is 0.497 e. The molecule has 2 amide bonds. The van der Waals surface area contributed by atoms with Crippen molar-refractivity contribution in [3.05, 3.63) is 59.7 Å². The highest BCUT2D eigenvalue weighted by Gasteiger charge is 2.74. The number of nitrogens with one attached hydrogen (secondary N) is 1. The zero-order chi connectivity index (χ0) is 26.4. The third-order valence-corrected chi connectivity index (χ3v) is 8.10. The van der Waals surface area contributed by atoms with Crippen molar-refractivity contribution in [3.8, 4) is 5.75 Å². The Hall–Kier alpha value is -3.55. The van der Waals surface area contributed by atoms with Gasteiger partial charge in [0.05, 0.1) is 25.0 Å². The van der Waals surface area contributed by atoms with E-state index in [9.17, 15) is 14.4 Å². The van der Waals surface area contributed by atoms with Crippen LogP contribution in [0.1, 0.15) is 51.2 Å². The molecule has 5 rings (SSSR count). The molecule has 3 atom stereocenters. The highest BCUT2D eigenvalue weighted by Crippen LogP contribution is 2.69. The number of rotatable bonds is 6. The minimum Gasteiger partial charge on any atom is -0.497 e. The highest BCUT2D eigenvalue weighted by molar-refractivity contribution is 6.02. The van der Waals surface area contributed by atoms with Crippen LogP contribution in [0.25, 0.3) is 0 Å². The summed E-state index contributed by atoms with van der Waals surface area (Å²) in [7, 11) is 1.61. The smallest absolute Gasteiger partial charge is 0.410 e. The number of hydrogen-bond acceptors (Lipinski definition) is 6. The lowest BCUT2D eigenvalue weighted by Crippen LogP contribution is -2.69. The molecule has 2 aromatic rings. The summed E-state index contributed by atoms with van der Waals surface area (Å²) in [6.45, 7) is 6.49. The minimum absolute atomic E-state index is 0.0806. The van der Waals surface area contributed by atoms with E-state index >= 15 is 0 Å². The monoisotopic (exact) mass is 506 g/mol. The van der Waals surface area contributed by atoms with Crippen molar-refractivity contribution in [1.82, 2.24) is 4.90 Å². The molecule has 0 radical (unpaired) electrons. The van der Waals surface area contributed by atoms with Crippen LogP contribution in [-0.4, -0.2) is 48.7 Å². The van der Waals surface area contributed by atoms with Crippen LogP contribution in [0, 0.1) is 11.3 Å². The van der Waals surface area contributed by atoms with Gasteiger partial charge in [-0.2, -0.15) is 0 Å². The number of para-hydroxylation sites is 1. The number of anilines is 1. The Bertz CT molecular complexity index is 1220. The van der Waals surface area contributed by atoms with Crippen LogP contribution in [-0.2, 0) is 31.0 Å². The highest BCUT2D eigenvalue weighted by atomic mass is 16.6. The number of carbonyl (C=O) groups excluding carboxylic acids is 3. The molecule has 0 bridgehead atoms. The first-order chi connectivity index (χ1) is 17.6. The van der Waals surface area contributed by atoms with Crippen molar-refractivity contribution in [2.75, 3.05) is 25.6 Å². The molecule has 8 heteroatoms. The lowest BCUT2D eigenvalue weighted by Gasteiger charge is -2.63. The van der Waals surface area contributed by atoms with Gasteiger partial charge in [-0.15, -0.1) is 0 Å². The molecule has 1 saturated heterocycles. The molecule has 2 heterocycles. The van der Waals surface area contributed by atoms with E-state index in [1.807, 2.05) is 69.3 Å². The number of amides is 2. The van der Waals surface area contributed by atoms with E-state index in [1.54, 1.807) is 12.0 Å². The molecule has 0 aromatic heterocycles. The molecule has 1 aliphatic carbocycles. The van der Waals surface area contributed by atoms with Crippen LogP contribution in [0.2, 0.25) is 0 Å². The molecule has 1 saturated carbocycles. The van der Waals surface area contributed by atoms with E-state index < -0.39 is 22.5 Å². The van der Waals surface area contributed by atoms with Crippen molar-refractivity contribution in [2.24, 2.45) is 11.3 Å². The average molecular weight is 507 g/mol. The normalized spacial score (nSPS) is 25.9. The second kappa shape index (κ2) is 9.08. The second-order valence-corrected chi connectivity index (χ2v) is 11.2. The number of methoxy groups -OCH3 is 1. The standard InChI is InChI=1S/C29H34N2O6/c1-27(2,3)37-26(34)31(18-19-9-11-20(35-4)12-10-19)15-13-29-21-7-5-6-8-23(21)30-24(32)22(29)17-28(29)14-16-36-25(28)33/h5-12,22H,13-18H2,1-4H3,(H,30,32)/t22-,28-,29+/m1/s1. The molecule has 3 aliphatic rings. The number of fused-ring (bicyclic) bond motifs is 4. The Morgan fingerprint density at radius 3 is 2.51 bits per heavy atom. The SMILES string of the molecule is COc1ccc(CN(CC[C@]23c4ccccc4NC(=O)[C@H]2C[C@@]32CCOC2=O)C(=O)OC(C)(C)C)cc1. The topological polar surface area (TPSA) is 94.2 Å². The summed E-state index contributed by atoms with van der Waals surface area (Å²) >= 11 is 0. The first kappa shape index (κ1) is 25.1. The van der Waals surface area contributed by atoms with Crippen LogP contribution >= 0.6 is 0 Å². The van der Waals surface area contributed by atoms with Gasteiger partial charge in [-0.3, -0.25) is 9.59 Å². The fourth-order valence-corrected chi connectivity index (χ4v) is 6.39. The number of ether oxygens (including phenoxy) is 3. The average Bonchev–Trinajstić information content (AvgIpc) is 3.25. The Labute approximate surface area is 217 Å². The Balaban J connectivity index is 1.50. The number of hydrogen-bond donors (Lipinski definition) is 1. The van der Waals surface area contributed by atoms with E-state index in [0.717, 1.165) is 22.6 Å². The van der Waals surface area contributed by atoms with Gasteiger partial charge in [-0.25, -0.2) is 4.79 Å². The molecule has 196 valence electrons. The molecule has 1 spiro atoms. The third-order valence-electron chi connectivity index (χ3n) is 8.10. The summed E-state index contributed by atoms with van der Waals surface area (Å²) in [6.07, 6.45) is 1.02. The second-order valence-electron chi connectivity index (χ2n) is 11.2. The summed E-state index contributed by atoms with van der Waals surface area (Å²) in [6, 6.07) is 15.2. The zero-order valence-electron chi connectivity index (χ0n) is 21.8. The van der Waals surface area contributed by atoms with Crippen LogP contribution in [0.5, 0.6) is 5.75 Å². The maximum Gasteiger partial charge on any atom is 0.410 e. The first-order valence-corrected chi connectivity index (χ1v) is 12.8. The first-order valence-electron chi connectivity index (χ1n) is 12.8. The van der Waals surface area contributed by atoms with Crippen LogP contribution in [0.3, 0.4) is 0 Å². The van der Waals surface area contributed by atoms with Gasteiger partial charge in [0.1, 0.15) is 11.4 Å². The van der Waals surface area contributed by atoms with E-state index in [1.165, 1.54) is 0 Å². The molecule has 1 N–H and O–H groups in total. The Morgan fingerprint density at radius 1 is 1.14 bits per heavy atom. The van der Waals surface area contributed by atoms with Crippen molar-refractivity contribution in [1.29, 1.82) is 0 Å². The van der Waals surface area contributed by atoms with Gasteiger partial charge in [0.15, 0.2) is 0 Å². The van der Waals surface area contributed by atoms with E-state index in [4.69, 9.17) is 14.2 Å². The third kappa shape index (κ3) is 4.12. The fraction of sp³-hybridized carbons (Fsp3) is 0.483. The molecular weight excluding hydrogens is 472 g/mol. The van der Waals surface area contributed by atoms with Crippen LogP contribution in [0.15, 0.2) is 48.5 Å². The van der Waals surface area contributed by atoms with Crippen LogP contribution < -0.4 is 10.1 Å². The van der Waals surface area contributed by atoms with Gasteiger partial charge in [-0.1, -0.05) is 30.3 Å². The van der Waals surface area contributed by atoms with Crippen molar-refractivity contribution >= 4 is 23.7 Å². The van der Waals surface area contributed by atoms with Crippen LogP contribution in [0.4, 0.5) is 10.5 Å². The number of nitrogens with zero attached hydrogens (tertiary/aromatic N) is 1. The number of cyclic esters (lactones) is 1. The summed E-state index contributed by atoms with van der Waals surface area (Å²) in [5, 5.41) is 3.02. The maximum absolute atomic E-state index is 13.4. The predicted octanol–water partition coefficient (Wildman–Crippen LogP) is 4.67. The summed E-state index contributed by atoms with van der Waals surface area (Å²) in [4.78, 5) is 41.4. The lowest BCUT2D eigenvalue weighted by molar-refractivity contribution is -0.170. The van der Waals surface area contributed by atoms with E-state index in [0.29, 0.717) is 39.0 Å². The maximum atomic E-state index is 13.4. The van der Waals surface area contributed by atoms with E-state index in [-0.39, 0.29) is 17.8 Å².